The van der Waals surface area contributed by atoms with Gasteiger partial charge in [0.25, 0.3) is 0 Å². The van der Waals surface area contributed by atoms with Gasteiger partial charge in [0.15, 0.2) is 5.41 Å². The van der Waals surface area contributed by atoms with Crippen molar-refractivity contribution >= 4 is 10.8 Å². The normalized spacial score (nSPS) is 15.0. The number of nitrogens with zero attached hydrogens (tertiary/aromatic N) is 2. The Hall–Kier alpha value is -4.28. The van der Waals surface area contributed by atoms with E-state index in [-0.39, 0.29) is 0 Å². The lowest BCUT2D eigenvalue weighted by Gasteiger charge is -2.40. The van der Waals surface area contributed by atoms with E-state index in [9.17, 15) is 10.5 Å². The molecule has 5 rings (SSSR count). The fourth-order valence-corrected chi connectivity index (χ4v) is 5.28. The molecule has 0 saturated carbocycles. The van der Waals surface area contributed by atoms with Crippen LogP contribution in [0, 0.1) is 22.7 Å². The minimum atomic E-state index is -1.46. The Balaban J connectivity index is 1.98. The standard InChI is InChI=1S/C28H20N2O2/c1-31-22-13-9-20(10-14-22)28(21-11-15-23(32-2)16-12-21)25-8-4-6-19-5-3-7-24(26(19)25)27(28,17-29)18-30/h3-16H,1-2H3. The summed E-state index contributed by atoms with van der Waals surface area (Å²) in [7, 11) is 3.24. The maximum atomic E-state index is 10.7. The van der Waals surface area contributed by atoms with Gasteiger partial charge in [-0.05, 0) is 57.3 Å². The molecule has 0 aromatic heterocycles. The molecule has 0 atom stereocenters. The highest BCUT2D eigenvalue weighted by Gasteiger charge is 2.62. The van der Waals surface area contributed by atoms with Gasteiger partial charge in [-0.1, -0.05) is 60.7 Å². The van der Waals surface area contributed by atoms with Crippen molar-refractivity contribution < 1.29 is 9.47 Å². The second-order valence-electron chi connectivity index (χ2n) is 7.89. The summed E-state index contributed by atoms with van der Waals surface area (Å²) >= 11 is 0. The largest absolute Gasteiger partial charge is 0.497 e. The molecule has 0 aliphatic heterocycles. The SMILES string of the molecule is COc1ccc(C2(c3ccc(OC)cc3)c3cccc4cccc(c34)C2(C#N)C#N)cc1. The number of nitriles is 2. The van der Waals surface area contributed by atoms with E-state index in [1.807, 2.05) is 84.9 Å². The van der Waals surface area contributed by atoms with E-state index in [1.165, 1.54) is 0 Å². The van der Waals surface area contributed by atoms with Gasteiger partial charge in [-0.15, -0.1) is 0 Å². The summed E-state index contributed by atoms with van der Waals surface area (Å²) < 4.78 is 10.8. The van der Waals surface area contributed by atoms with E-state index in [0.29, 0.717) is 11.5 Å². The van der Waals surface area contributed by atoms with Crippen LogP contribution in [0.5, 0.6) is 11.5 Å². The maximum Gasteiger partial charge on any atom is 0.186 e. The van der Waals surface area contributed by atoms with Crippen LogP contribution in [0.3, 0.4) is 0 Å². The predicted molar refractivity (Wildman–Crippen MR) is 123 cm³/mol. The van der Waals surface area contributed by atoms with Crippen LogP contribution in [-0.2, 0) is 10.8 Å². The van der Waals surface area contributed by atoms with Crippen LogP contribution in [0.25, 0.3) is 10.8 Å². The zero-order valence-corrected chi connectivity index (χ0v) is 17.8. The smallest absolute Gasteiger partial charge is 0.186 e. The van der Waals surface area contributed by atoms with Crippen molar-refractivity contribution in [2.45, 2.75) is 10.8 Å². The molecule has 154 valence electrons. The first-order valence-electron chi connectivity index (χ1n) is 10.3. The summed E-state index contributed by atoms with van der Waals surface area (Å²) in [5.74, 6) is 1.43. The van der Waals surface area contributed by atoms with Gasteiger partial charge in [0.1, 0.15) is 11.5 Å². The van der Waals surface area contributed by atoms with Crippen LogP contribution in [0.1, 0.15) is 22.3 Å². The zero-order chi connectivity index (χ0) is 22.3. The zero-order valence-electron chi connectivity index (χ0n) is 17.8. The summed E-state index contributed by atoms with van der Waals surface area (Å²) in [6, 6.07) is 32.2. The lowest BCUT2D eigenvalue weighted by molar-refractivity contribution is 0.412. The van der Waals surface area contributed by atoms with Gasteiger partial charge >= 0.3 is 0 Å². The average Bonchev–Trinajstić information content (AvgIpc) is 3.13. The first-order valence-corrected chi connectivity index (χ1v) is 10.3. The van der Waals surface area contributed by atoms with E-state index >= 15 is 0 Å². The van der Waals surface area contributed by atoms with Crippen molar-refractivity contribution in [1.29, 1.82) is 10.5 Å². The topological polar surface area (TPSA) is 66.0 Å². The molecule has 4 nitrogen and oxygen atoms in total. The highest BCUT2D eigenvalue weighted by atomic mass is 16.5. The molecule has 0 spiro atoms. The van der Waals surface area contributed by atoms with Crippen molar-refractivity contribution in [1.82, 2.24) is 0 Å². The highest BCUT2D eigenvalue weighted by Crippen LogP contribution is 2.60. The molecule has 0 N–H and O–H groups in total. The van der Waals surface area contributed by atoms with Crippen molar-refractivity contribution in [2.75, 3.05) is 14.2 Å². The van der Waals surface area contributed by atoms with Gasteiger partial charge in [-0.3, -0.25) is 0 Å². The molecule has 0 fully saturated rings. The predicted octanol–water partition coefficient (Wildman–Crippen LogP) is 5.49. The maximum absolute atomic E-state index is 10.7. The fourth-order valence-electron chi connectivity index (χ4n) is 5.28. The molecule has 0 amide bonds. The van der Waals surface area contributed by atoms with E-state index in [0.717, 1.165) is 33.0 Å². The Morgan fingerprint density at radius 2 is 1.09 bits per heavy atom. The number of rotatable bonds is 4. The quantitative estimate of drug-likeness (QED) is 0.441. The highest BCUT2D eigenvalue weighted by molar-refractivity contribution is 5.98. The summed E-state index contributed by atoms with van der Waals surface area (Å²) in [6.45, 7) is 0. The Morgan fingerprint density at radius 1 is 0.625 bits per heavy atom. The van der Waals surface area contributed by atoms with Gasteiger partial charge in [0, 0.05) is 0 Å². The summed E-state index contributed by atoms with van der Waals surface area (Å²) in [6.07, 6.45) is 0. The van der Waals surface area contributed by atoms with Crippen LogP contribution in [0.2, 0.25) is 0 Å². The van der Waals surface area contributed by atoms with E-state index < -0.39 is 10.8 Å². The molecule has 0 saturated heterocycles. The first-order chi connectivity index (χ1) is 15.7. The van der Waals surface area contributed by atoms with Crippen LogP contribution < -0.4 is 9.47 Å². The fraction of sp³-hybridized carbons (Fsp3) is 0.143. The number of hydrogen-bond acceptors (Lipinski definition) is 4. The molecular formula is C28H20N2O2. The third-order valence-corrected chi connectivity index (χ3v) is 6.66. The van der Waals surface area contributed by atoms with Gasteiger partial charge < -0.3 is 9.47 Å². The average molecular weight is 416 g/mol. The minimum Gasteiger partial charge on any atom is -0.497 e. The van der Waals surface area contributed by atoms with Crippen LogP contribution in [0.4, 0.5) is 0 Å². The summed E-state index contributed by atoms with van der Waals surface area (Å²) in [4.78, 5) is 0. The number of benzene rings is 4. The van der Waals surface area contributed by atoms with E-state index in [2.05, 4.69) is 12.1 Å². The third kappa shape index (κ3) is 2.30. The molecule has 0 unspecified atom stereocenters. The lowest BCUT2D eigenvalue weighted by atomic mass is 9.56. The van der Waals surface area contributed by atoms with Crippen molar-refractivity contribution in [3.05, 3.63) is 107 Å². The Labute approximate surface area is 186 Å². The number of methoxy groups -OCH3 is 2. The van der Waals surface area contributed by atoms with E-state index in [4.69, 9.17) is 9.47 Å². The molecule has 1 aliphatic carbocycles. The van der Waals surface area contributed by atoms with Gasteiger partial charge in [-0.25, -0.2) is 0 Å². The molecule has 0 heterocycles. The molecule has 0 radical (unpaired) electrons. The van der Waals surface area contributed by atoms with Crippen LogP contribution in [-0.4, -0.2) is 14.2 Å². The summed E-state index contributed by atoms with van der Waals surface area (Å²) in [5, 5.41) is 23.3. The monoisotopic (exact) mass is 416 g/mol. The van der Waals surface area contributed by atoms with Crippen molar-refractivity contribution in [3.63, 3.8) is 0 Å². The third-order valence-electron chi connectivity index (χ3n) is 6.66. The molecule has 32 heavy (non-hydrogen) atoms. The minimum absolute atomic E-state index is 0.715. The Kier molecular flexibility index (Phi) is 4.40. The second kappa shape index (κ2) is 7.15. The van der Waals surface area contributed by atoms with Crippen LogP contribution >= 0.6 is 0 Å². The molecule has 0 bridgehead atoms. The number of hydrogen-bond donors (Lipinski definition) is 0. The molecule has 4 heteroatoms. The molecular weight excluding hydrogens is 396 g/mol. The molecule has 1 aliphatic rings. The lowest BCUT2D eigenvalue weighted by Crippen LogP contribution is -2.46. The van der Waals surface area contributed by atoms with Crippen LogP contribution in [0.15, 0.2) is 84.9 Å². The van der Waals surface area contributed by atoms with E-state index in [1.54, 1.807) is 14.2 Å². The van der Waals surface area contributed by atoms with Gasteiger partial charge in [-0.2, -0.15) is 10.5 Å². The summed E-state index contributed by atoms with van der Waals surface area (Å²) in [5.41, 5.74) is 0.911. The van der Waals surface area contributed by atoms with Gasteiger partial charge in [0.2, 0.25) is 0 Å². The van der Waals surface area contributed by atoms with Crippen molar-refractivity contribution in [2.24, 2.45) is 0 Å². The molecule has 4 aromatic rings. The Bertz CT molecular complexity index is 1340. The first kappa shape index (κ1) is 19.7. The van der Waals surface area contributed by atoms with Crippen molar-refractivity contribution in [3.8, 4) is 23.6 Å². The second-order valence-corrected chi connectivity index (χ2v) is 7.89. The number of ether oxygens (including phenoxy) is 2. The molecule has 4 aromatic carbocycles. The Morgan fingerprint density at radius 3 is 1.53 bits per heavy atom. The van der Waals surface area contributed by atoms with Gasteiger partial charge in [0.05, 0.1) is 31.8 Å².